The highest BCUT2D eigenvalue weighted by Gasteiger charge is 2.39. The molecular weight excluding hydrogens is 330 g/mol. The molecule has 1 aromatic rings. The van der Waals surface area contributed by atoms with Crippen molar-refractivity contribution in [2.75, 3.05) is 20.6 Å². The summed E-state index contributed by atoms with van der Waals surface area (Å²) in [5, 5.41) is 10.9. The molecule has 3 unspecified atom stereocenters. The first-order valence-corrected chi connectivity index (χ1v) is 9.63. The van der Waals surface area contributed by atoms with Crippen molar-refractivity contribution in [1.82, 2.24) is 20.7 Å². The maximum atomic E-state index is 11.9. The first kappa shape index (κ1) is 18.7. The van der Waals surface area contributed by atoms with E-state index in [2.05, 4.69) is 34.6 Å². The molecule has 1 heterocycles. The van der Waals surface area contributed by atoms with Gasteiger partial charge in [-0.15, -0.1) is 0 Å². The minimum Gasteiger partial charge on any atom is -0.359 e. The van der Waals surface area contributed by atoms with Crippen LogP contribution in [0.15, 0.2) is 15.6 Å². The van der Waals surface area contributed by atoms with E-state index in [0.717, 1.165) is 23.3 Å². The van der Waals surface area contributed by atoms with Gasteiger partial charge in [0.15, 0.2) is 11.7 Å². The van der Waals surface area contributed by atoms with Crippen molar-refractivity contribution in [1.29, 1.82) is 0 Å². The van der Waals surface area contributed by atoms with E-state index in [4.69, 9.17) is 4.52 Å². The highest BCUT2D eigenvalue weighted by atomic mass is 16.5. The number of nitrogens with one attached hydrogen (secondary N) is 2. The number of amides is 1. The van der Waals surface area contributed by atoms with E-state index in [1.54, 1.807) is 19.0 Å². The first-order chi connectivity index (χ1) is 12.4. The normalized spacial score (nSPS) is 25.0. The van der Waals surface area contributed by atoms with Crippen molar-refractivity contribution in [3.63, 3.8) is 0 Å². The fourth-order valence-electron chi connectivity index (χ4n) is 3.89. The van der Waals surface area contributed by atoms with Crippen LogP contribution < -0.4 is 10.6 Å². The van der Waals surface area contributed by atoms with Crippen LogP contribution in [0.4, 0.5) is 0 Å². The van der Waals surface area contributed by atoms with Gasteiger partial charge >= 0.3 is 0 Å². The van der Waals surface area contributed by atoms with Gasteiger partial charge in [-0.05, 0) is 37.0 Å². The van der Waals surface area contributed by atoms with Crippen LogP contribution in [0.1, 0.15) is 56.9 Å². The summed E-state index contributed by atoms with van der Waals surface area (Å²) in [6, 6.07) is 2.42. The van der Waals surface area contributed by atoms with Gasteiger partial charge in [-0.3, -0.25) is 4.79 Å². The van der Waals surface area contributed by atoms with E-state index in [-0.39, 0.29) is 12.5 Å². The minimum absolute atomic E-state index is 0.0131. The van der Waals surface area contributed by atoms with Gasteiger partial charge in [0.2, 0.25) is 5.91 Å². The number of aromatic nitrogens is 1. The Morgan fingerprint density at radius 2 is 2.19 bits per heavy atom. The van der Waals surface area contributed by atoms with E-state index < -0.39 is 0 Å². The van der Waals surface area contributed by atoms with Crippen molar-refractivity contribution >= 4 is 11.9 Å². The van der Waals surface area contributed by atoms with Crippen LogP contribution in [0.5, 0.6) is 0 Å². The molecule has 0 saturated heterocycles. The van der Waals surface area contributed by atoms with Crippen LogP contribution in [0, 0.1) is 11.8 Å². The predicted octanol–water partition coefficient (Wildman–Crippen LogP) is 2.11. The maximum Gasteiger partial charge on any atom is 0.243 e. The number of hydrogen-bond donors (Lipinski definition) is 2. The quantitative estimate of drug-likeness (QED) is 0.599. The Morgan fingerprint density at radius 3 is 2.77 bits per heavy atom. The van der Waals surface area contributed by atoms with Gasteiger partial charge in [0.05, 0.1) is 12.2 Å². The summed E-state index contributed by atoms with van der Waals surface area (Å²) in [6.07, 6.45) is 5.18. The zero-order chi connectivity index (χ0) is 18.7. The van der Waals surface area contributed by atoms with Crippen molar-refractivity contribution < 1.29 is 9.32 Å². The predicted molar refractivity (Wildman–Crippen MR) is 101 cm³/mol. The van der Waals surface area contributed by atoms with Crippen LogP contribution in [0.25, 0.3) is 0 Å². The van der Waals surface area contributed by atoms with Crippen LogP contribution >= 0.6 is 0 Å². The zero-order valence-corrected chi connectivity index (χ0v) is 16.3. The molecule has 2 N–H and O–H groups in total. The van der Waals surface area contributed by atoms with E-state index in [0.29, 0.717) is 24.5 Å². The number of nitrogens with zero attached hydrogens (tertiary/aromatic N) is 3. The molecule has 0 aliphatic heterocycles. The Hall–Kier alpha value is -2.05. The monoisotopic (exact) mass is 361 g/mol. The summed E-state index contributed by atoms with van der Waals surface area (Å²) in [4.78, 5) is 17.9. The summed E-state index contributed by atoms with van der Waals surface area (Å²) >= 11 is 0. The molecule has 2 fully saturated rings. The van der Waals surface area contributed by atoms with Gasteiger partial charge in [-0.1, -0.05) is 25.4 Å². The van der Waals surface area contributed by atoms with Crippen molar-refractivity contribution in [3.05, 3.63) is 17.5 Å². The number of rotatable bonds is 6. The van der Waals surface area contributed by atoms with E-state index in [1.807, 2.05) is 6.07 Å². The molecule has 0 aromatic carbocycles. The maximum absolute atomic E-state index is 11.9. The molecule has 3 rings (SSSR count). The molecule has 2 aliphatic carbocycles. The standard InChI is InChI=1S/C19H31N5O2/c1-12(2)16-9-15(26-23-16)10-20-19(21-11-18(25)24(3)4)22-17-8-13-5-6-14(17)7-13/h9,12-14,17H,5-8,10-11H2,1-4H3,(H2,20,21,22). The lowest BCUT2D eigenvalue weighted by Gasteiger charge is -2.25. The highest BCUT2D eigenvalue weighted by molar-refractivity contribution is 5.84. The Bertz CT molecular complexity index is 652. The van der Waals surface area contributed by atoms with E-state index >= 15 is 0 Å². The summed E-state index contributed by atoms with van der Waals surface area (Å²) < 4.78 is 5.39. The molecule has 2 bridgehead atoms. The lowest BCUT2D eigenvalue weighted by atomic mass is 9.95. The second kappa shape index (κ2) is 8.10. The number of hydrogen-bond acceptors (Lipinski definition) is 4. The van der Waals surface area contributed by atoms with Crippen LogP contribution in [0.3, 0.4) is 0 Å². The minimum atomic E-state index is -0.0131. The van der Waals surface area contributed by atoms with Gasteiger partial charge in [0.25, 0.3) is 0 Å². The van der Waals surface area contributed by atoms with Crippen molar-refractivity contribution in [2.45, 2.75) is 58.0 Å². The Balaban J connectivity index is 1.61. The fourth-order valence-corrected chi connectivity index (χ4v) is 3.89. The van der Waals surface area contributed by atoms with Crippen molar-refractivity contribution in [2.24, 2.45) is 16.8 Å². The summed E-state index contributed by atoms with van der Waals surface area (Å²) in [5.74, 6) is 3.36. The number of carbonyl (C=O) groups excluding carboxylic acids is 1. The summed E-state index contributed by atoms with van der Waals surface area (Å²) in [5.41, 5.74) is 0.948. The molecule has 26 heavy (non-hydrogen) atoms. The van der Waals surface area contributed by atoms with Gasteiger partial charge < -0.3 is 20.1 Å². The Morgan fingerprint density at radius 1 is 1.38 bits per heavy atom. The highest BCUT2D eigenvalue weighted by Crippen LogP contribution is 2.44. The average molecular weight is 361 g/mol. The molecule has 2 aliphatic rings. The number of fused-ring (bicyclic) bond motifs is 2. The third kappa shape index (κ3) is 4.56. The number of aliphatic imine (C=N–C) groups is 1. The number of guanidine groups is 1. The average Bonchev–Trinajstić information content (AvgIpc) is 3.32. The molecule has 3 atom stereocenters. The Labute approximate surface area is 155 Å². The summed E-state index contributed by atoms with van der Waals surface area (Å²) in [6.45, 7) is 4.82. The van der Waals surface area contributed by atoms with Crippen molar-refractivity contribution in [3.8, 4) is 0 Å². The van der Waals surface area contributed by atoms with Crippen LogP contribution in [-0.4, -0.2) is 48.6 Å². The molecule has 7 heteroatoms. The molecule has 144 valence electrons. The number of carbonyl (C=O) groups is 1. The molecule has 1 aromatic heterocycles. The van der Waals surface area contributed by atoms with E-state index in [1.165, 1.54) is 25.7 Å². The smallest absolute Gasteiger partial charge is 0.243 e. The van der Waals surface area contributed by atoms with Gasteiger partial charge in [-0.25, -0.2) is 4.99 Å². The molecular formula is C19H31N5O2. The second-order valence-corrected chi connectivity index (χ2v) is 8.11. The lowest BCUT2D eigenvalue weighted by Crippen LogP contribution is -2.45. The summed E-state index contributed by atoms with van der Waals surface area (Å²) in [7, 11) is 3.49. The van der Waals surface area contributed by atoms with Gasteiger partial charge in [0, 0.05) is 26.2 Å². The SMILES string of the molecule is CC(C)c1cc(CNC(=NCC(=O)N(C)C)NC2CC3CCC2C3)on1. The topological polar surface area (TPSA) is 82.8 Å². The van der Waals surface area contributed by atoms with Gasteiger partial charge in [0.1, 0.15) is 6.54 Å². The molecule has 0 spiro atoms. The molecule has 7 nitrogen and oxygen atoms in total. The largest absolute Gasteiger partial charge is 0.359 e. The molecule has 2 saturated carbocycles. The second-order valence-electron chi connectivity index (χ2n) is 8.11. The Kier molecular flexibility index (Phi) is 5.84. The van der Waals surface area contributed by atoms with Gasteiger partial charge in [-0.2, -0.15) is 0 Å². The third-order valence-electron chi connectivity index (χ3n) is 5.53. The molecule has 0 radical (unpaired) electrons. The third-order valence-corrected chi connectivity index (χ3v) is 5.53. The van der Waals surface area contributed by atoms with Crippen LogP contribution in [0.2, 0.25) is 0 Å². The van der Waals surface area contributed by atoms with E-state index in [9.17, 15) is 4.79 Å². The number of likely N-dealkylation sites (N-methyl/N-ethyl adjacent to an activating group) is 1. The lowest BCUT2D eigenvalue weighted by molar-refractivity contribution is -0.127. The molecule has 1 amide bonds. The zero-order valence-electron chi connectivity index (χ0n) is 16.3. The first-order valence-electron chi connectivity index (χ1n) is 9.63. The fraction of sp³-hybridized carbons (Fsp3) is 0.737. The van der Waals surface area contributed by atoms with Crippen LogP contribution in [-0.2, 0) is 11.3 Å².